The van der Waals surface area contributed by atoms with Crippen molar-refractivity contribution in [2.24, 2.45) is 0 Å². The highest BCUT2D eigenvalue weighted by molar-refractivity contribution is 7.89. The second-order valence-electron chi connectivity index (χ2n) is 7.10. The molecule has 2 amide bonds. The van der Waals surface area contributed by atoms with Crippen LogP contribution in [-0.2, 0) is 19.6 Å². The lowest BCUT2D eigenvalue weighted by atomic mass is 10.2. The molecular weight excluding hydrogens is 387 g/mol. The number of carbonyl (C=O) groups is 2. The fourth-order valence-corrected chi connectivity index (χ4v) is 4.04. The van der Waals surface area contributed by atoms with Gasteiger partial charge in [0.05, 0.1) is 11.4 Å². The number of piperazine rings is 1. The van der Waals surface area contributed by atoms with Gasteiger partial charge in [-0.1, -0.05) is 0 Å². The molecule has 0 atom stereocenters. The van der Waals surface area contributed by atoms with Gasteiger partial charge >= 0.3 is 0 Å². The number of sulfonamides is 1. The Balaban J connectivity index is 1.37. The number of nitrogens with zero attached hydrogens (tertiary/aromatic N) is 2. The third kappa shape index (κ3) is 5.98. The molecule has 3 rings (SSSR count). The summed E-state index contributed by atoms with van der Waals surface area (Å²) in [6.45, 7) is 2.58. The first-order valence-electron chi connectivity index (χ1n) is 9.38. The minimum absolute atomic E-state index is 0.0252. The smallest absolute Gasteiger partial charge is 0.240 e. The standard InChI is InChI=1S/C18H25FN4O4S/c19-14-1-5-16(6-2-14)28(26,27)20-8-7-18(25)23-11-9-22(10-12-23)13-17(24)21-15-3-4-15/h1-2,5-6,15,20H,3-4,7-13H2,(H,21,24). The molecule has 2 N–H and O–H groups in total. The Morgan fingerprint density at radius 2 is 1.71 bits per heavy atom. The zero-order valence-electron chi connectivity index (χ0n) is 15.6. The molecule has 1 saturated carbocycles. The highest BCUT2D eigenvalue weighted by Gasteiger charge is 2.26. The number of rotatable bonds is 8. The van der Waals surface area contributed by atoms with Crippen LogP contribution in [0.25, 0.3) is 0 Å². The first-order valence-corrected chi connectivity index (χ1v) is 10.9. The molecule has 0 spiro atoms. The van der Waals surface area contributed by atoms with Crippen molar-refractivity contribution in [3.8, 4) is 0 Å². The Morgan fingerprint density at radius 3 is 2.32 bits per heavy atom. The van der Waals surface area contributed by atoms with Crippen LogP contribution in [0.2, 0.25) is 0 Å². The first-order chi connectivity index (χ1) is 13.3. The number of halogens is 1. The van der Waals surface area contributed by atoms with Crippen LogP contribution in [0.4, 0.5) is 4.39 Å². The molecule has 1 aliphatic heterocycles. The molecule has 1 aliphatic carbocycles. The van der Waals surface area contributed by atoms with Crippen molar-refractivity contribution in [2.75, 3.05) is 39.3 Å². The monoisotopic (exact) mass is 412 g/mol. The quantitative estimate of drug-likeness (QED) is 0.622. The van der Waals surface area contributed by atoms with Crippen LogP contribution in [0.1, 0.15) is 19.3 Å². The van der Waals surface area contributed by atoms with Crippen LogP contribution in [0.15, 0.2) is 29.2 Å². The van der Waals surface area contributed by atoms with E-state index >= 15 is 0 Å². The second kappa shape index (κ2) is 8.97. The molecule has 0 aromatic heterocycles. The van der Waals surface area contributed by atoms with Gasteiger partial charge in [-0.3, -0.25) is 14.5 Å². The van der Waals surface area contributed by atoms with E-state index in [1.165, 1.54) is 12.1 Å². The van der Waals surface area contributed by atoms with Crippen molar-refractivity contribution < 1.29 is 22.4 Å². The maximum Gasteiger partial charge on any atom is 0.240 e. The molecule has 2 aliphatic rings. The van der Waals surface area contributed by atoms with E-state index in [2.05, 4.69) is 10.0 Å². The summed E-state index contributed by atoms with van der Waals surface area (Å²) in [7, 11) is -3.77. The van der Waals surface area contributed by atoms with Crippen molar-refractivity contribution >= 4 is 21.8 Å². The molecule has 154 valence electrons. The molecule has 0 bridgehead atoms. The van der Waals surface area contributed by atoms with Gasteiger partial charge in [0.25, 0.3) is 0 Å². The molecule has 0 radical (unpaired) electrons. The van der Waals surface area contributed by atoms with Gasteiger partial charge < -0.3 is 10.2 Å². The Bertz CT molecular complexity index is 803. The molecule has 1 aromatic carbocycles. The lowest BCUT2D eigenvalue weighted by Crippen LogP contribution is -2.51. The zero-order chi connectivity index (χ0) is 20.1. The second-order valence-corrected chi connectivity index (χ2v) is 8.87. The Kier molecular flexibility index (Phi) is 6.63. The summed E-state index contributed by atoms with van der Waals surface area (Å²) in [5.74, 6) is -0.625. The fourth-order valence-electron chi connectivity index (χ4n) is 3.01. The lowest BCUT2D eigenvalue weighted by molar-refractivity contribution is -0.133. The van der Waals surface area contributed by atoms with E-state index in [4.69, 9.17) is 0 Å². The van der Waals surface area contributed by atoms with E-state index in [1.807, 2.05) is 4.90 Å². The Morgan fingerprint density at radius 1 is 1.07 bits per heavy atom. The van der Waals surface area contributed by atoms with Crippen molar-refractivity contribution in [1.82, 2.24) is 19.8 Å². The van der Waals surface area contributed by atoms with Gasteiger partial charge in [0.15, 0.2) is 0 Å². The van der Waals surface area contributed by atoms with Gasteiger partial charge in [-0.15, -0.1) is 0 Å². The highest BCUT2D eigenvalue weighted by atomic mass is 32.2. The van der Waals surface area contributed by atoms with E-state index in [0.717, 1.165) is 25.0 Å². The van der Waals surface area contributed by atoms with E-state index in [1.54, 1.807) is 4.90 Å². The normalized spacial score (nSPS) is 18.1. The molecule has 1 heterocycles. The maximum absolute atomic E-state index is 12.9. The molecule has 28 heavy (non-hydrogen) atoms. The number of carbonyl (C=O) groups excluding carboxylic acids is 2. The molecule has 8 nitrogen and oxygen atoms in total. The van der Waals surface area contributed by atoms with Crippen molar-refractivity contribution in [2.45, 2.75) is 30.2 Å². The zero-order valence-corrected chi connectivity index (χ0v) is 16.4. The number of nitrogens with one attached hydrogen (secondary N) is 2. The summed E-state index contributed by atoms with van der Waals surface area (Å²) in [6, 6.07) is 4.85. The average Bonchev–Trinajstić information content (AvgIpc) is 3.46. The summed E-state index contributed by atoms with van der Waals surface area (Å²) in [5.41, 5.74) is 0. The van der Waals surface area contributed by atoms with E-state index in [9.17, 15) is 22.4 Å². The summed E-state index contributed by atoms with van der Waals surface area (Å²) in [5, 5.41) is 2.95. The van der Waals surface area contributed by atoms with Gasteiger partial charge in [-0.05, 0) is 37.1 Å². The predicted molar refractivity (Wildman–Crippen MR) is 100 cm³/mol. The van der Waals surface area contributed by atoms with Crippen LogP contribution >= 0.6 is 0 Å². The SMILES string of the molecule is O=C(CN1CCN(C(=O)CCNS(=O)(=O)c2ccc(F)cc2)CC1)NC1CC1. The maximum atomic E-state index is 12.9. The summed E-state index contributed by atoms with van der Waals surface area (Å²) in [4.78, 5) is 27.8. The Hall–Kier alpha value is -2.04. The topological polar surface area (TPSA) is 98.8 Å². The van der Waals surface area contributed by atoms with E-state index in [0.29, 0.717) is 38.8 Å². The third-order valence-electron chi connectivity index (χ3n) is 4.79. The van der Waals surface area contributed by atoms with Crippen molar-refractivity contribution in [3.63, 3.8) is 0 Å². The number of hydrogen-bond acceptors (Lipinski definition) is 5. The largest absolute Gasteiger partial charge is 0.352 e. The first kappa shape index (κ1) is 20.7. The molecule has 10 heteroatoms. The van der Waals surface area contributed by atoms with Gasteiger partial charge in [-0.2, -0.15) is 0 Å². The summed E-state index contributed by atoms with van der Waals surface area (Å²) >= 11 is 0. The molecule has 0 unspecified atom stereocenters. The minimum atomic E-state index is -3.77. The summed E-state index contributed by atoms with van der Waals surface area (Å²) < 4.78 is 39.5. The van der Waals surface area contributed by atoms with Crippen LogP contribution in [0, 0.1) is 5.82 Å². The minimum Gasteiger partial charge on any atom is -0.352 e. The van der Waals surface area contributed by atoms with Crippen molar-refractivity contribution in [3.05, 3.63) is 30.1 Å². The van der Waals surface area contributed by atoms with Crippen molar-refractivity contribution in [1.29, 1.82) is 0 Å². The van der Waals surface area contributed by atoms with Crippen LogP contribution in [-0.4, -0.2) is 75.3 Å². The number of benzene rings is 1. The number of amides is 2. The molecular formula is C18H25FN4O4S. The summed E-state index contributed by atoms with van der Waals surface area (Å²) in [6.07, 6.45) is 2.15. The molecule has 1 saturated heterocycles. The highest BCUT2D eigenvalue weighted by Crippen LogP contribution is 2.18. The van der Waals surface area contributed by atoms with Crippen LogP contribution in [0.3, 0.4) is 0 Å². The predicted octanol–water partition coefficient (Wildman–Crippen LogP) is -0.0831. The molecule has 1 aromatic rings. The van der Waals surface area contributed by atoms with E-state index in [-0.39, 0.29) is 29.7 Å². The van der Waals surface area contributed by atoms with Gasteiger partial charge in [0.1, 0.15) is 5.82 Å². The lowest BCUT2D eigenvalue weighted by Gasteiger charge is -2.34. The van der Waals surface area contributed by atoms with Crippen LogP contribution < -0.4 is 10.0 Å². The third-order valence-corrected chi connectivity index (χ3v) is 6.27. The Labute approximate surface area is 164 Å². The van der Waals surface area contributed by atoms with E-state index < -0.39 is 15.8 Å². The molecule has 2 fully saturated rings. The number of hydrogen-bond donors (Lipinski definition) is 2. The van der Waals surface area contributed by atoms with Gasteiger partial charge in [0.2, 0.25) is 21.8 Å². The van der Waals surface area contributed by atoms with Gasteiger partial charge in [-0.25, -0.2) is 17.5 Å². The fraction of sp³-hybridized carbons (Fsp3) is 0.556. The average molecular weight is 412 g/mol. The van der Waals surface area contributed by atoms with Crippen LogP contribution in [0.5, 0.6) is 0 Å². The van der Waals surface area contributed by atoms with Gasteiger partial charge in [0, 0.05) is 45.2 Å².